The van der Waals surface area contributed by atoms with Crippen molar-refractivity contribution < 1.29 is 19.4 Å². The predicted octanol–water partition coefficient (Wildman–Crippen LogP) is 6.54. The molecule has 0 fully saturated rings. The first-order valence-electron chi connectivity index (χ1n) is 8.88. The van der Waals surface area contributed by atoms with E-state index in [4.69, 9.17) is 49.4 Å². The first-order chi connectivity index (χ1) is 14.4. The number of carboxylic acid groups (broad SMARTS) is 1. The zero-order valence-electron chi connectivity index (χ0n) is 15.9. The summed E-state index contributed by atoms with van der Waals surface area (Å²) in [4.78, 5) is 10.9. The fourth-order valence-corrected chi connectivity index (χ4v) is 3.56. The van der Waals surface area contributed by atoms with Crippen molar-refractivity contribution in [2.75, 3.05) is 12.4 Å². The highest BCUT2D eigenvalue weighted by Gasteiger charge is 2.14. The molecule has 0 unspecified atom stereocenters. The Bertz CT molecular complexity index is 1030. The highest BCUT2D eigenvalue weighted by Crippen LogP contribution is 2.38. The topological polar surface area (TPSA) is 67.8 Å². The van der Waals surface area contributed by atoms with Crippen LogP contribution in [0.5, 0.6) is 11.5 Å². The van der Waals surface area contributed by atoms with Gasteiger partial charge in [-0.15, -0.1) is 0 Å². The van der Waals surface area contributed by atoms with Gasteiger partial charge in [0.15, 0.2) is 11.5 Å². The summed E-state index contributed by atoms with van der Waals surface area (Å²) in [5, 5.41) is 13.6. The summed E-state index contributed by atoms with van der Waals surface area (Å²) >= 11 is 18.8. The molecule has 5 nitrogen and oxygen atoms in total. The fraction of sp³-hybridized carbons (Fsp3) is 0.136. The molecule has 156 valence electrons. The SMILES string of the molecule is COc1cc(CNc2ccc(C(=O)O)cc2)cc(Cl)c1OCc1c(Cl)cccc1Cl. The van der Waals surface area contributed by atoms with Crippen molar-refractivity contribution in [2.24, 2.45) is 0 Å². The molecule has 0 aromatic heterocycles. The first-order valence-corrected chi connectivity index (χ1v) is 10.0. The normalized spacial score (nSPS) is 10.5. The summed E-state index contributed by atoms with van der Waals surface area (Å²) in [6.07, 6.45) is 0. The van der Waals surface area contributed by atoms with Gasteiger partial charge in [0.05, 0.1) is 17.7 Å². The Hall–Kier alpha value is -2.60. The summed E-state index contributed by atoms with van der Waals surface area (Å²) in [7, 11) is 1.53. The van der Waals surface area contributed by atoms with E-state index in [1.54, 1.807) is 36.4 Å². The van der Waals surface area contributed by atoms with Gasteiger partial charge in [0.2, 0.25) is 0 Å². The molecule has 30 heavy (non-hydrogen) atoms. The standard InChI is InChI=1S/C22H18Cl3NO4/c1-29-20-10-13(11-26-15-7-5-14(6-8-15)22(27)28)9-19(25)21(20)30-12-16-17(23)3-2-4-18(16)24/h2-10,26H,11-12H2,1H3,(H,27,28). The van der Waals surface area contributed by atoms with Crippen molar-refractivity contribution in [3.63, 3.8) is 0 Å². The van der Waals surface area contributed by atoms with Gasteiger partial charge >= 0.3 is 5.97 Å². The molecule has 0 saturated carbocycles. The number of hydrogen-bond donors (Lipinski definition) is 2. The Morgan fingerprint density at radius 2 is 1.67 bits per heavy atom. The van der Waals surface area contributed by atoms with Crippen LogP contribution in [0.1, 0.15) is 21.5 Å². The Morgan fingerprint density at radius 1 is 1.00 bits per heavy atom. The van der Waals surface area contributed by atoms with E-state index < -0.39 is 5.97 Å². The number of aromatic carboxylic acids is 1. The second-order valence-electron chi connectivity index (χ2n) is 6.33. The number of halogens is 3. The Kier molecular flexibility index (Phi) is 7.32. The lowest BCUT2D eigenvalue weighted by molar-refractivity contribution is 0.0697. The van der Waals surface area contributed by atoms with Gasteiger partial charge in [0.25, 0.3) is 0 Å². The molecule has 0 saturated heterocycles. The highest BCUT2D eigenvalue weighted by atomic mass is 35.5. The van der Waals surface area contributed by atoms with Gasteiger partial charge in [0.1, 0.15) is 6.61 Å². The molecular formula is C22H18Cl3NO4. The molecule has 3 aromatic carbocycles. The number of hydrogen-bond acceptors (Lipinski definition) is 4. The molecule has 3 aromatic rings. The van der Waals surface area contributed by atoms with Gasteiger partial charge < -0.3 is 19.9 Å². The Morgan fingerprint density at radius 3 is 2.27 bits per heavy atom. The highest BCUT2D eigenvalue weighted by molar-refractivity contribution is 6.36. The van der Waals surface area contributed by atoms with E-state index in [2.05, 4.69) is 5.32 Å². The molecule has 0 aliphatic heterocycles. The van der Waals surface area contributed by atoms with Crippen LogP contribution in [-0.2, 0) is 13.2 Å². The van der Waals surface area contributed by atoms with E-state index in [1.165, 1.54) is 19.2 Å². The van der Waals surface area contributed by atoms with Crippen LogP contribution in [0.2, 0.25) is 15.1 Å². The molecule has 2 N–H and O–H groups in total. The predicted molar refractivity (Wildman–Crippen MR) is 120 cm³/mol. The summed E-state index contributed by atoms with van der Waals surface area (Å²) in [5.41, 5.74) is 2.53. The lowest BCUT2D eigenvalue weighted by Crippen LogP contribution is -2.03. The molecule has 8 heteroatoms. The average molecular weight is 467 g/mol. The molecule has 0 radical (unpaired) electrons. The molecule has 0 aliphatic carbocycles. The van der Waals surface area contributed by atoms with Crippen LogP contribution in [0.4, 0.5) is 5.69 Å². The summed E-state index contributed by atoms with van der Waals surface area (Å²) in [6, 6.07) is 15.3. The van der Waals surface area contributed by atoms with Crippen LogP contribution in [0.3, 0.4) is 0 Å². The van der Waals surface area contributed by atoms with E-state index in [-0.39, 0.29) is 12.2 Å². The number of carbonyl (C=O) groups is 1. The average Bonchev–Trinajstić information content (AvgIpc) is 2.73. The molecule has 0 atom stereocenters. The maximum Gasteiger partial charge on any atom is 0.335 e. The van der Waals surface area contributed by atoms with Crippen molar-refractivity contribution >= 4 is 46.5 Å². The second-order valence-corrected chi connectivity index (χ2v) is 7.56. The van der Waals surface area contributed by atoms with Gasteiger partial charge in [-0.1, -0.05) is 40.9 Å². The summed E-state index contributed by atoms with van der Waals surface area (Å²) < 4.78 is 11.3. The van der Waals surface area contributed by atoms with Crippen LogP contribution < -0.4 is 14.8 Å². The largest absolute Gasteiger partial charge is 0.493 e. The van der Waals surface area contributed by atoms with E-state index in [0.717, 1.165) is 11.3 Å². The minimum Gasteiger partial charge on any atom is -0.493 e. The summed E-state index contributed by atoms with van der Waals surface area (Å²) in [6.45, 7) is 0.598. The van der Waals surface area contributed by atoms with Gasteiger partial charge in [-0.2, -0.15) is 0 Å². The number of rotatable bonds is 8. The second kappa shape index (κ2) is 9.94. The molecule has 0 spiro atoms. The molecule has 0 bridgehead atoms. The third kappa shape index (κ3) is 5.30. The van der Waals surface area contributed by atoms with Crippen molar-refractivity contribution in [3.05, 3.63) is 86.4 Å². The van der Waals surface area contributed by atoms with Crippen molar-refractivity contribution in [1.82, 2.24) is 0 Å². The third-order valence-corrected chi connectivity index (χ3v) is 5.33. The van der Waals surface area contributed by atoms with E-state index in [1.807, 2.05) is 6.07 Å². The lowest BCUT2D eigenvalue weighted by atomic mass is 10.1. The van der Waals surface area contributed by atoms with E-state index in [9.17, 15) is 4.79 Å². The Balaban J connectivity index is 1.72. The lowest BCUT2D eigenvalue weighted by Gasteiger charge is -2.16. The van der Waals surface area contributed by atoms with Crippen molar-refractivity contribution in [2.45, 2.75) is 13.2 Å². The van der Waals surface area contributed by atoms with Gasteiger partial charge in [-0.25, -0.2) is 4.79 Å². The maximum atomic E-state index is 10.9. The van der Waals surface area contributed by atoms with Crippen LogP contribution in [0.25, 0.3) is 0 Å². The van der Waals surface area contributed by atoms with Crippen molar-refractivity contribution in [3.8, 4) is 11.5 Å². The molecule has 0 aliphatic rings. The number of carboxylic acids is 1. The molecule has 0 heterocycles. The minimum atomic E-state index is -0.966. The van der Waals surface area contributed by atoms with Crippen LogP contribution >= 0.6 is 34.8 Å². The molecule has 0 amide bonds. The third-order valence-electron chi connectivity index (χ3n) is 4.34. The van der Waals surface area contributed by atoms with Gasteiger partial charge in [-0.05, 0) is 54.1 Å². The first kappa shape index (κ1) is 22.1. The van der Waals surface area contributed by atoms with Gasteiger partial charge in [-0.3, -0.25) is 0 Å². The minimum absolute atomic E-state index is 0.141. The summed E-state index contributed by atoms with van der Waals surface area (Å²) in [5.74, 6) is -0.0971. The maximum absolute atomic E-state index is 10.9. The van der Waals surface area contributed by atoms with Crippen LogP contribution in [-0.4, -0.2) is 18.2 Å². The van der Waals surface area contributed by atoms with Gasteiger partial charge in [0, 0.05) is 27.8 Å². The fourth-order valence-electron chi connectivity index (χ4n) is 2.76. The van der Waals surface area contributed by atoms with E-state index in [0.29, 0.717) is 38.7 Å². The quantitative estimate of drug-likeness (QED) is 0.394. The van der Waals surface area contributed by atoms with Crippen molar-refractivity contribution in [1.29, 1.82) is 0 Å². The smallest absolute Gasteiger partial charge is 0.335 e. The molecular weight excluding hydrogens is 449 g/mol. The Labute approximate surface area is 189 Å². The number of ether oxygens (including phenoxy) is 2. The zero-order valence-corrected chi connectivity index (χ0v) is 18.2. The molecule has 3 rings (SSSR count). The van der Waals surface area contributed by atoms with Crippen LogP contribution in [0.15, 0.2) is 54.6 Å². The number of methoxy groups -OCH3 is 1. The zero-order chi connectivity index (χ0) is 21.7. The number of nitrogens with one attached hydrogen (secondary N) is 1. The van der Waals surface area contributed by atoms with E-state index >= 15 is 0 Å². The number of anilines is 1. The number of benzene rings is 3. The monoisotopic (exact) mass is 465 g/mol. The van der Waals surface area contributed by atoms with Crippen LogP contribution in [0, 0.1) is 0 Å².